The topological polar surface area (TPSA) is 88.4 Å². The fourth-order valence-electron chi connectivity index (χ4n) is 7.50. The van der Waals surface area contributed by atoms with Gasteiger partial charge in [-0.25, -0.2) is 13.8 Å². The molecule has 0 N–H and O–H groups in total. The van der Waals surface area contributed by atoms with Gasteiger partial charge in [0.2, 0.25) is 5.91 Å². The Hall–Kier alpha value is -5.30. The van der Waals surface area contributed by atoms with E-state index in [9.17, 15) is 36.3 Å². The zero-order valence-corrected chi connectivity index (χ0v) is 32.5. The summed E-state index contributed by atoms with van der Waals surface area (Å²) in [6.07, 6.45) is -1.13. The number of rotatable bonds is 13. The smallest absolute Gasteiger partial charge is 0.334 e. The van der Waals surface area contributed by atoms with Crippen molar-refractivity contribution in [3.63, 3.8) is 0 Å². The summed E-state index contributed by atoms with van der Waals surface area (Å²) in [5, 5.41) is 0.217. The molecule has 13 heteroatoms. The van der Waals surface area contributed by atoms with E-state index in [1.165, 1.54) is 24.4 Å². The number of Topliss-reactive ketones (excluding diaryl/α,β-unsaturated/α-hetero) is 1. The van der Waals surface area contributed by atoms with Gasteiger partial charge in [-0.15, -0.1) is 0 Å². The first-order valence-corrected chi connectivity index (χ1v) is 19.1. The molecule has 1 amide bonds. The van der Waals surface area contributed by atoms with E-state index in [1.807, 2.05) is 52.0 Å². The summed E-state index contributed by atoms with van der Waals surface area (Å²) in [5.41, 5.74) is 0.652. The zero-order valence-electron chi connectivity index (χ0n) is 32.5. The van der Waals surface area contributed by atoms with Gasteiger partial charge >= 0.3 is 6.18 Å². The lowest BCUT2D eigenvalue weighted by Crippen LogP contribution is -2.56. The number of hydrogen-bond donors (Lipinski definition) is 0. The Morgan fingerprint density at radius 1 is 0.895 bits per heavy atom. The number of amides is 1. The van der Waals surface area contributed by atoms with Crippen LogP contribution in [0, 0.1) is 17.6 Å². The number of nitrogens with zero attached hydrogens (tertiary/aromatic N) is 5. The van der Waals surface area contributed by atoms with Crippen molar-refractivity contribution >= 4 is 22.7 Å². The van der Waals surface area contributed by atoms with Crippen LogP contribution in [0.3, 0.4) is 0 Å². The van der Waals surface area contributed by atoms with Crippen LogP contribution in [-0.2, 0) is 41.7 Å². The third kappa shape index (κ3) is 9.64. The lowest BCUT2D eigenvalue weighted by Gasteiger charge is -2.45. The number of carbonyl (C=O) groups excluding carboxylic acids is 2. The quantitative estimate of drug-likeness (QED) is 0.111. The molecule has 8 nitrogen and oxygen atoms in total. The number of piperidine rings is 1. The number of fused-ring (bicyclic) bond motifs is 1. The number of likely N-dealkylation sites (tertiary alicyclic amines) is 1. The van der Waals surface area contributed by atoms with Crippen LogP contribution < -0.4 is 5.56 Å². The van der Waals surface area contributed by atoms with E-state index >= 15 is 0 Å². The lowest BCUT2D eigenvalue weighted by molar-refractivity contribution is -0.138. The minimum atomic E-state index is -4.44. The van der Waals surface area contributed by atoms with E-state index in [0.29, 0.717) is 43.5 Å². The molecule has 6 rings (SSSR count). The maximum atomic E-state index is 14.7. The van der Waals surface area contributed by atoms with Crippen LogP contribution in [-0.4, -0.2) is 60.7 Å². The maximum Gasteiger partial charge on any atom is 0.416 e. The first-order valence-electron chi connectivity index (χ1n) is 19.1. The molecule has 2 aromatic heterocycles. The summed E-state index contributed by atoms with van der Waals surface area (Å²) in [4.78, 5) is 53.8. The molecular weight excluding hydrogens is 742 g/mol. The van der Waals surface area contributed by atoms with Crippen molar-refractivity contribution in [1.82, 2.24) is 24.3 Å². The molecule has 300 valence electrons. The van der Waals surface area contributed by atoms with Gasteiger partial charge < -0.3 is 9.47 Å². The highest BCUT2D eigenvalue weighted by Crippen LogP contribution is 2.32. The number of carbonyl (C=O) groups is 2. The Morgan fingerprint density at radius 2 is 1.54 bits per heavy atom. The van der Waals surface area contributed by atoms with E-state index in [4.69, 9.17) is 0 Å². The Labute approximate surface area is 328 Å². The van der Waals surface area contributed by atoms with Crippen molar-refractivity contribution in [3.8, 4) is 11.1 Å². The van der Waals surface area contributed by atoms with Gasteiger partial charge in [-0.1, -0.05) is 56.3 Å². The number of benzene rings is 3. The molecule has 5 aromatic rings. The molecule has 0 bridgehead atoms. The molecule has 0 atom stereocenters. The van der Waals surface area contributed by atoms with Gasteiger partial charge in [0.05, 0.1) is 16.5 Å². The molecule has 0 spiro atoms. The predicted octanol–water partition coefficient (Wildman–Crippen LogP) is 8.43. The molecular formula is C44H46F5N5O3. The molecule has 3 heterocycles. The summed E-state index contributed by atoms with van der Waals surface area (Å²) in [5.74, 6) is -1.10. The highest BCUT2D eigenvalue weighted by Gasteiger charge is 2.38. The largest absolute Gasteiger partial charge is 0.416 e. The summed E-state index contributed by atoms with van der Waals surface area (Å²) in [6, 6.07) is 18.5. The minimum Gasteiger partial charge on any atom is -0.334 e. The van der Waals surface area contributed by atoms with E-state index < -0.39 is 34.5 Å². The van der Waals surface area contributed by atoms with Crippen LogP contribution >= 0.6 is 0 Å². The minimum absolute atomic E-state index is 0.0703. The van der Waals surface area contributed by atoms with Crippen molar-refractivity contribution in [1.29, 1.82) is 0 Å². The van der Waals surface area contributed by atoms with Crippen LogP contribution in [0.15, 0.2) is 89.9 Å². The second-order valence-corrected chi connectivity index (χ2v) is 15.6. The number of ketones is 1. The Balaban J connectivity index is 1.30. The van der Waals surface area contributed by atoms with Gasteiger partial charge in [0.1, 0.15) is 29.7 Å². The van der Waals surface area contributed by atoms with Gasteiger partial charge in [-0.3, -0.25) is 19.3 Å². The molecule has 1 aliphatic rings. The monoisotopic (exact) mass is 787 g/mol. The van der Waals surface area contributed by atoms with Crippen LogP contribution in [0.1, 0.15) is 69.5 Å². The molecule has 1 saturated heterocycles. The van der Waals surface area contributed by atoms with Crippen LogP contribution in [0.4, 0.5) is 22.0 Å². The Bertz CT molecular complexity index is 2280. The van der Waals surface area contributed by atoms with Crippen LogP contribution in [0.5, 0.6) is 0 Å². The van der Waals surface area contributed by atoms with Crippen LogP contribution in [0.2, 0.25) is 0 Å². The van der Waals surface area contributed by atoms with Crippen molar-refractivity contribution in [2.45, 2.75) is 90.6 Å². The molecule has 3 aromatic carbocycles. The summed E-state index contributed by atoms with van der Waals surface area (Å²) < 4.78 is 69.4. The average molecular weight is 788 g/mol. The average Bonchev–Trinajstić information content (AvgIpc) is 3.17. The van der Waals surface area contributed by atoms with E-state index in [1.54, 1.807) is 21.6 Å². The summed E-state index contributed by atoms with van der Waals surface area (Å²) >= 11 is 0. The Kier molecular flexibility index (Phi) is 12.4. The maximum absolute atomic E-state index is 14.7. The second kappa shape index (κ2) is 17.1. The standard InChI is InChI=1S/C44H46F5N5O3/c1-28(2)24-38(55)43(3,4)52-22-19-35(20-23-52)53(26-29-7-9-30(10-8-29)31-11-15-33(16-12-31)44(47,48)49)40(56)27-54-39(18-14-32-13-17-34(45)25-37(32)46)51-42(57)36-6-5-21-50-41(36)54/h5-13,15-17,21,25,28,35H,14,18-20,22-24,26-27H2,1-4H3. The van der Waals surface area contributed by atoms with Crippen LogP contribution in [0.25, 0.3) is 22.2 Å². The number of aryl methyl sites for hydroxylation is 2. The van der Waals surface area contributed by atoms with Gasteiger partial charge in [0.15, 0.2) is 5.78 Å². The van der Waals surface area contributed by atoms with Gasteiger partial charge in [-0.2, -0.15) is 18.2 Å². The van der Waals surface area contributed by atoms with Crippen molar-refractivity contribution in [2.75, 3.05) is 13.1 Å². The Morgan fingerprint density at radius 3 is 2.16 bits per heavy atom. The molecule has 0 unspecified atom stereocenters. The van der Waals surface area contributed by atoms with Gasteiger partial charge in [0, 0.05) is 50.8 Å². The molecule has 0 saturated carbocycles. The number of alkyl halides is 3. The predicted molar refractivity (Wildman–Crippen MR) is 208 cm³/mol. The normalized spacial score (nSPS) is 14.4. The van der Waals surface area contributed by atoms with E-state index in [2.05, 4.69) is 14.9 Å². The molecule has 0 aliphatic carbocycles. The third-order valence-electron chi connectivity index (χ3n) is 10.9. The second-order valence-electron chi connectivity index (χ2n) is 15.6. The first-order chi connectivity index (χ1) is 27.0. The molecule has 0 radical (unpaired) electrons. The van der Waals surface area contributed by atoms with Crippen molar-refractivity contribution < 1.29 is 31.5 Å². The fourth-order valence-corrected chi connectivity index (χ4v) is 7.50. The molecule has 1 fully saturated rings. The zero-order chi connectivity index (χ0) is 41.1. The molecule has 57 heavy (non-hydrogen) atoms. The number of pyridine rings is 1. The number of aromatic nitrogens is 3. The highest BCUT2D eigenvalue weighted by molar-refractivity contribution is 5.87. The SMILES string of the molecule is CC(C)CC(=O)C(C)(C)N1CCC(N(Cc2ccc(-c3ccc(C(F)(F)F)cc3)cc2)C(=O)Cn2c(CCc3ccc(F)cc3F)nc(=O)c3cccnc32)CC1. The first kappa shape index (κ1) is 41.3. The van der Waals surface area contributed by atoms with Gasteiger partial charge in [0.25, 0.3) is 5.56 Å². The molecule has 1 aliphatic heterocycles. The summed E-state index contributed by atoms with van der Waals surface area (Å²) in [6.45, 7) is 9.06. The highest BCUT2D eigenvalue weighted by atomic mass is 19.4. The fraction of sp³-hybridized carbons (Fsp3) is 0.386. The van der Waals surface area contributed by atoms with E-state index in [-0.39, 0.29) is 72.0 Å². The van der Waals surface area contributed by atoms with E-state index in [0.717, 1.165) is 29.8 Å². The summed E-state index contributed by atoms with van der Waals surface area (Å²) in [7, 11) is 0. The number of hydrogen-bond acceptors (Lipinski definition) is 6. The number of halogens is 5. The lowest BCUT2D eigenvalue weighted by atomic mass is 9.88. The third-order valence-corrected chi connectivity index (χ3v) is 10.9. The van der Waals surface area contributed by atoms with Gasteiger partial charge in [-0.05, 0) is 91.6 Å². The van der Waals surface area contributed by atoms with Crippen molar-refractivity contribution in [3.05, 3.63) is 130 Å². The van der Waals surface area contributed by atoms with Crippen molar-refractivity contribution in [2.24, 2.45) is 5.92 Å².